The molecule has 0 spiro atoms. The summed E-state index contributed by atoms with van der Waals surface area (Å²) in [7, 11) is 0. The number of aryl methyl sites for hydroxylation is 1. The van der Waals surface area contributed by atoms with Crippen molar-refractivity contribution in [2.45, 2.75) is 19.9 Å². The van der Waals surface area contributed by atoms with Crippen LogP contribution in [-0.4, -0.2) is 21.5 Å². The maximum Gasteiger partial charge on any atom is 0.270 e. The molecule has 1 saturated heterocycles. The van der Waals surface area contributed by atoms with Gasteiger partial charge in [0, 0.05) is 29.2 Å². The minimum absolute atomic E-state index is 0.00264. The molecule has 1 aliphatic heterocycles. The summed E-state index contributed by atoms with van der Waals surface area (Å²) in [6.07, 6.45) is 4.38. The second-order valence-corrected chi connectivity index (χ2v) is 8.72. The van der Waals surface area contributed by atoms with Crippen molar-refractivity contribution in [3.8, 4) is 0 Å². The first-order chi connectivity index (χ1) is 16.9. The van der Waals surface area contributed by atoms with E-state index in [2.05, 4.69) is 12.2 Å². The van der Waals surface area contributed by atoms with Crippen molar-refractivity contribution in [3.63, 3.8) is 0 Å². The third-order valence-electron chi connectivity index (χ3n) is 6.09. The molecule has 1 N–H and O–H groups in total. The maximum absolute atomic E-state index is 13.4. The molecular formula is C28H22FN3O2S. The van der Waals surface area contributed by atoms with E-state index in [9.17, 15) is 14.0 Å². The lowest BCUT2D eigenvalue weighted by Crippen LogP contribution is -2.54. The van der Waals surface area contributed by atoms with Gasteiger partial charge in [-0.2, -0.15) is 0 Å². The average Bonchev–Trinajstić information content (AvgIpc) is 3.20. The summed E-state index contributed by atoms with van der Waals surface area (Å²) in [4.78, 5) is 27.6. The van der Waals surface area contributed by atoms with Crippen molar-refractivity contribution >= 4 is 51.8 Å². The van der Waals surface area contributed by atoms with Gasteiger partial charge < -0.3 is 4.57 Å². The Bertz CT molecular complexity index is 1490. The van der Waals surface area contributed by atoms with Gasteiger partial charge in [0.25, 0.3) is 11.8 Å². The second kappa shape index (κ2) is 9.27. The number of hydrogen-bond donors (Lipinski definition) is 1. The first kappa shape index (κ1) is 22.7. The molecule has 174 valence electrons. The highest BCUT2D eigenvalue weighted by Gasteiger charge is 2.34. The number of thiocarbonyl (C=S) groups is 1. The first-order valence-electron chi connectivity index (χ1n) is 11.3. The van der Waals surface area contributed by atoms with Gasteiger partial charge in [-0.1, -0.05) is 49.4 Å². The first-order valence-corrected chi connectivity index (χ1v) is 11.7. The summed E-state index contributed by atoms with van der Waals surface area (Å²) in [5.41, 5.74) is 4.35. The van der Waals surface area contributed by atoms with Crippen LogP contribution in [0.3, 0.4) is 0 Å². The molecule has 0 aliphatic carbocycles. The van der Waals surface area contributed by atoms with Gasteiger partial charge in [-0.25, -0.2) is 4.39 Å². The molecule has 0 atom stereocenters. The molecule has 5 rings (SSSR count). The predicted molar refractivity (Wildman–Crippen MR) is 139 cm³/mol. The monoisotopic (exact) mass is 483 g/mol. The molecule has 2 heterocycles. The Morgan fingerprint density at radius 1 is 0.943 bits per heavy atom. The normalized spacial score (nSPS) is 15.2. The Labute approximate surface area is 207 Å². The molecule has 4 aromatic rings. The van der Waals surface area contributed by atoms with Crippen molar-refractivity contribution in [3.05, 3.63) is 107 Å². The van der Waals surface area contributed by atoms with Crippen LogP contribution in [0.5, 0.6) is 0 Å². The number of benzene rings is 3. The topological polar surface area (TPSA) is 54.3 Å². The third-order valence-corrected chi connectivity index (χ3v) is 6.37. The molecule has 0 radical (unpaired) electrons. The number of halogens is 1. The van der Waals surface area contributed by atoms with Crippen LogP contribution in [0.25, 0.3) is 17.0 Å². The van der Waals surface area contributed by atoms with E-state index < -0.39 is 11.8 Å². The fraction of sp³-hybridized carbons (Fsp3) is 0.107. The number of amides is 2. The van der Waals surface area contributed by atoms with Crippen LogP contribution in [0.1, 0.15) is 23.6 Å². The summed E-state index contributed by atoms with van der Waals surface area (Å²) < 4.78 is 15.4. The summed E-state index contributed by atoms with van der Waals surface area (Å²) in [6.45, 7) is 2.57. The smallest absolute Gasteiger partial charge is 0.270 e. The van der Waals surface area contributed by atoms with Gasteiger partial charge in [-0.15, -0.1) is 0 Å². The van der Waals surface area contributed by atoms with Crippen LogP contribution in [0.4, 0.5) is 10.1 Å². The molecule has 3 aromatic carbocycles. The maximum atomic E-state index is 13.4. The Kier molecular flexibility index (Phi) is 6.01. The van der Waals surface area contributed by atoms with E-state index in [0.29, 0.717) is 12.2 Å². The Balaban J connectivity index is 1.54. The van der Waals surface area contributed by atoms with Gasteiger partial charge in [0.05, 0.1) is 5.69 Å². The molecule has 1 aliphatic rings. The summed E-state index contributed by atoms with van der Waals surface area (Å²) in [5.74, 6) is -1.29. The SMILES string of the molecule is CCc1ccc(N2C(=O)C(=Cc3cn(Cc4ccc(F)cc4)c4ccccc34)C(=O)NC2=S)cc1. The average molecular weight is 484 g/mol. The number of carbonyl (C=O) groups is 2. The molecular weight excluding hydrogens is 461 g/mol. The number of nitrogens with zero attached hydrogens (tertiary/aromatic N) is 2. The van der Waals surface area contributed by atoms with Gasteiger partial charge in [0.15, 0.2) is 5.11 Å². The quantitative estimate of drug-likeness (QED) is 0.241. The van der Waals surface area contributed by atoms with Gasteiger partial charge in [-0.3, -0.25) is 19.8 Å². The number of anilines is 1. The van der Waals surface area contributed by atoms with Crippen molar-refractivity contribution < 1.29 is 14.0 Å². The lowest BCUT2D eigenvalue weighted by molar-refractivity contribution is -0.122. The Morgan fingerprint density at radius 3 is 2.34 bits per heavy atom. The highest BCUT2D eigenvalue weighted by atomic mass is 32.1. The zero-order valence-corrected chi connectivity index (χ0v) is 19.8. The molecule has 0 unspecified atom stereocenters. The van der Waals surface area contributed by atoms with E-state index in [1.807, 2.05) is 59.3 Å². The van der Waals surface area contributed by atoms with E-state index in [-0.39, 0.29) is 16.5 Å². The molecule has 7 heteroatoms. The van der Waals surface area contributed by atoms with Gasteiger partial charge >= 0.3 is 0 Å². The third kappa shape index (κ3) is 4.38. The highest BCUT2D eigenvalue weighted by molar-refractivity contribution is 7.80. The molecule has 1 aromatic heterocycles. The number of nitrogens with one attached hydrogen (secondary N) is 1. The number of aromatic nitrogens is 1. The van der Waals surface area contributed by atoms with Gasteiger partial charge in [0.2, 0.25) is 0 Å². The van der Waals surface area contributed by atoms with E-state index in [1.165, 1.54) is 17.0 Å². The summed E-state index contributed by atoms with van der Waals surface area (Å²) in [5, 5.41) is 3.60. The number of para-hydroxylation sites is 1. The molecule has 35 heavy (non-hydrogen) atoms. The van der Waals surface area contributed by atoms with Gasteiger partial charge in [-0.05, 0) is 66.2 Å². The van der Waals surface area contributed by atoms with Crippen LogP contribution in [-0.2, 0) is 22.6 Å². The van der Waals surface area contributed by atoms with E-state index in [4.69, 9.17) is 12.2 Å². The fourth-order valence-electron chi connectivity index (χ4n) is 4.24. The van der Waals surface area contributed by atoms with Crippen molar-refractivity contribution in [1.29, 1.82) is 0 Å². The minimum Gasteiger partial charge on any atom is -0.342 e. The fourth-order valence-corrected chi connectivity index (χ4v) is 4.52. The molecule has 2 amide bonds. The van der Waals surface area contributed by atoms with E-state index in [1.54, 1.807) is 18.2 Å². The minimum atomic E-state index is -0.531. The zero-order chi connectivity index (χ0) is 24.5. The zero-order valence-electron chi connectivity index (χ0n) is 19.0. The lowest BCUT2D eigenvalue weighted by atomic mass is 10.1. The van der Waals surface area contributed by atoms with Crippen LogP contribution >= 0.6 is 12.2 Å². The number of fused-ring (bicyclic) bond motifs is 1. The standard InChI is InChI=1S/C28H22FN3O2S/c1-2-18-9-13-22(14-10-18)32-27(34)24(26(33)30-28(32)35)15-20-17-31(25-6-4-3-5-23(20)25)16-19-7-11-21(29)12-8-19/h3-15,17H,2,16H2,1H3,(H,30,33,35). The van der Waals surface area contributed by atoms with Crippen LogP contribution in [0, 0.1) is 5.82 Å². The van der Waals surface area contributed by atoms with Gasteiger partial charge in [0.1, 0.15) is 11.4 Å². The molecule has 1 fully saturated rings. The van der Waals surface area contributed by atoms with Crippen LogP contribution in [0.15, 0.2) is 84.6 Å². The highest BCUT2D eigenvalue weighted by Crippen LogP contribution is 2.27. The summed E-state index contributed by atoms with van der Waals surface area (Å²) >= 11 is 5.32. The van der Waals surface area contributed by atoms with E-state index >= 15 is 0 Å². The van der Waals surface area contributed by atoms with Crippen LogP contribution < -0.4 is 10.2 Å². The lowest BCUT2D eigenvalue weighted by Gasteiger charge is -2.29. The largest absolute Gasteiger partial charge is 0.342 e. The molecule has 0 saturated carbocycles. The Morgan fingerprint density at radius 2 is 1.63 bits per heavy atom. The Hall–Kier alpha value is -4.10. The predicted octanol–water partition coefficient (Wildman–Crippen LogP) is 5.22. The number of rotatable bonds is 5. The van der Waals surface area contributed by atoms with Crippen molar-refractivity contribution in [1.82, 2.24) is 9.88 Å². The van der Waals surface area contributed by atoms with Crippen molar-refractivity contribution in [2.75, 3.05) is 4.90 Å². The molecule has 5 nitrogen and oxygen atoms in total. The van der Waals surface area contributed by atoms with Crippen molar-refractivity contribution in [2.24, 2.45) is 0 Å². The molecule has 0 bridgehead atoms. The van der Waals surface area contributed by atoms with E-state index in [0.717, 1.165) is 34.0 Å². The number of carbonyl (C=O) groups excluding carboxylic acids is 2. The number of hydrogen-bond acceptors (Lipinski definition) is 3. The van der Waals surface area contributed by atoms with Crippen LogP contribution in [0.2, 0.25) is 0 Å². The summed E-state index contributed by atoms with van der Waals surface area (Å²) in [6, 6.07) is 21.6. The second-order valence-electron chi connectivity index (χ2n) is 8.33.